The van der Waals surface area contributed by atoms with Gasteiger partial charge >= 0.3 is 0 Å². The number of ether oxygens (including phenoxy) is 1. The molecular formula is C16H30O2. The molecule has 106 valence electrons. The number of allylic oxidation sites excluding steroid dienone is 2. The standard InChI is InChI=1S/C16H30O2/c1-8-15(5,9-2)13(17)12-14(18-7)16(6,10-3)11-4/h12H,8-11H2,1-7H3/b14-12-. The summed E-state index contributed by atoms with van der Waals surface area (Å²) in [5.41, 5.74) is -0.293. The van der Waals surface area contributed by atoms with Crippen LogP contribution in [0.4, 0.5) is 0 Å². The Hall–Kier alpha value is -0.790. The number of hydrogen-bond donors (Lipinski definition) is 0. The van der Waals surface area contributed by atoms with E-state index in [1.165, 1.54) is 0 Å². The van der Waals surface area contributed by atoms with Gasteiger partial charge in [-0.15, -0.1) is 0 Å². The predicted octanol–water partition coefficient (Wildman–Crippen LogP) is 4.74. The Morgan fingerprint density at radius 3 is 1.61 bits per heavy atom. The van der Waals surface area contributed by atoms with Gasteiger partial charge in [-0.05, 0) is 25.7 Å². The molecule has 0 aliphatic rings. The van der Waals surface area contributed by atoms with Crippen molar-refractivity contribution >= 4 is 5.78 Å². The Labute approximate surface area is 113 Å². The van der Waals surface area contributed by atoms with Crippen molar-refractivity contribution in [1.29, 1.82) is 0 Å². The van der Waals surface area contributed by atoms with E-state index >= 15 is 0 Å². The van der Waals surface area contributed by atoms with E-state index in [2.05, 4.69) is 34.6 Å². The zero-order chi connectivity index (χ0) is 14.4. The Morgan fingerprint density at radius 1 is 0.944 bits per heavy atom. The van der Waals surface area contributed by atoms with Crippen LogP contribution in [0.15, 0.2) is 11.8 Å². The minimum atomic E-state index is -0.258. The van der Waals surface area contributed by atoms with Crippen molar-refractivity contribution in [1.82, 2.24) is 0 Å². The van der Waals surface area contributed by atoms with Gasteiger partial charge in [-0.3, -0.25) is 4.79 Å². The first-order chi connectivity index (χ1) is 8.33. The van der Waals surface area contributed by atoms with Crippen LogP contribution < -0.4 is 0 Å². The van der Waals surface area contributed by atoms with Gasteiger partial charge in [0.05, 0.1) is 7.11 Å². The van der Waals surface area contributed by atoms with Gasteiger partial charge in [-0.2, -0.15) is 0 Å². The fourth-order valence-electron chi connectivity index (χ4n) is 1.97. The number of methoxy groups -OCH3 is 1. The van der Waals surface area contributed by atoms with E-state index < -0.39 is 0 Å². The first kappa shape index (κ1) is 17.2. The summed E-state index contributed by atoms with van der Waals surface area (Å²) in [5, 5.41) is 0. The van der Waals surface area contributed by atoms with Crippen LogP contribution in [0.2, 0.25) is 0 Å². The van der Waals surface area contributed by atoms with Gasteiger partial charge in [0.25, 0.3) is 0 Å². The van der Waals surface area contributed by atoms with Gasteiger partial charge in [0.2, 0.25) is 0 Å². The minimum Gasteiger partial charge on any atom is -0.500 e. The largest absolute Gasteiger partial charge is 0.500 e. The minimum absolute atomic E-state index is 0.0349. The van der Waals surface area contributed by atoms with Crippen molar-refractivity contribution in [2.24, 2.45) is 10.8 Å². The lowest BCUT2D eigenvalue weighted by atomic mass is 9.77. The molecule has 18 heavy (non-hydrogen) atoms. The second kappa shape index (κ2) is 6.96. The summed E-state index contributed by atoms with van der Waals surface area (Å²) >= 11 is 0. The molecule has 0 aliphatic heterocycles. The fourth-order valence-corrected chi connectivity index (χ4v) is 1.97. The highest BCUT2D eigenvalue weighted by Gasteiger charge is 2.32. The first-order valence-corrected chi connectivity index (χ1v) is 7.14. The van der Waals surface area contributed by atoms with Crippen molar-refractivity contribution in [3.8, 4) is 0 Å². The first-order valence-electron chi connectivity index (χ1n) is 7.14. The Kier molecular flexibility index (Phi) is 6.66. The average Bonchev–Trinajstić information content (AvgIpc) is 2.42. The van der Waals surface area contributed by atoms with E-state index in [1.54, 1.807) is 13.2 Å². The Bertz CT molecular complexity index is 294. The lowest BCUT2D eigenvalue weighted by Gasteiger charge is -2.30. The maximum Gasteiger partial charge on any atom is 0.164 e. The number of carbonyl (C=O) groups is 1. The quantitative estimate of drug-likeness (QED) is 0.462. The van der Waals surface area contributed by atoms with Crippen molar-refractivity contribution in [2.45, 2.75) is 67.2 Å². The van der Waals surface area contributed by atoms with Crippen molar-refractivity contribution in [2.75, 3.05) is 7.11 Å². The summed E-state index contributed by atoms with van der Waals surface area (Å²) in [6.07, 6.45) is 5.42. The number of hydrogen-bond acceptors (Lipinski definition) is 2. The van der Waals surface area contributed by atoms with Gasteiger partial charge in [0.1, 0.15) is 5.76 Å². The van der Waals surface area contributed by atoms with E-state index in [0.29, 0.717) is 0 Å². The molecule has 0 unspecified atom stereocenters. The molecule has 0 bridgehead atoms. The molecule has 0 aromatic carbocycles. The van der Waals surface area contributed by atoms with Crippen LogP contribution in [0.25, 0.3) is 0 Å². The summed E-state index contributed by atoms with van der Waals surface area (Å²) in [4.78, 5) is 12.4. The lowest BCUT2D eigenvalue weighted by Crippen LogP contribution is -2.27. The van der Waals surface area contributed by atoms with Crippen LogP contribution in [0.1, 0.15) is 67.2 Å². The van der Waals surface area contributed by atoms with Crippen LogP contribution in [0.3, 0.4) is 0 Å². The average molecular weight is 254 g/mol. The summed E-state index contributed by atoms with van der Waals surface area (Å²) in [6, 6.07) is 0. The molecule has 0 N–H and O–H groups in total. The van der Waals surface area contributed by atoms with Gasteiger partial charge in [-0.25, -0.2) is 0 Å². The molecule has 2 heteroatoms. The molecule has 0 saturated heterocycles. The van der Waals surface area contributed by atoms with Gasteiger partial charge in [0.15, 0.2) is 5.78 Å². The second-order valence-electron chi connectivity index (χ2n) is 5.61. The number of carbonyl (C=O) groups excluding carboxylic acids is 1. The molecular weight excluding hydrogens is 224 g/mol. The zero-order valence-corrected chi connectivity index (χ0v) is 13.2. The van der Waals surface area contributed by atoms with E-state index in [-0.39, 0.29) is 16.6 Å². The molecule has 0 fully saturated rings. The third kappa shape index (κ3) is 3.60. The third-order valence-corrected chi connectivity index (χ3v) is 4.79. The van der Waals surface area contributed by atoms with Gasteiger partial charge in [0, 0.05) is 16.9 Å². The topological polar surface area (TPSA) is 26.3 Å². The number of rotatable bonds is 8. The van der Waals surface area contributed by atoms with Crippen molar-refractivity contribution in [3.05, 3.63) is 11.8 Å². The summed E-state index contributed by atoms with van der Waals surface area (Å²) in [7, 11) is 1.66. The van der Waals surface area contributed by atoms with Gasteiger partial charge in [-0.1, -0.05) is 41.5 Å². The highest BCUT2D eigenvalue weighted by molar-refractivity contribution is 5.94. The normalized spacial score (nSPS) is 13.6. The van der Waals surface area contributed by atoms with E-state index in [1.807, 2.05) is 6.92 Å². The highest BCUT2D eigenvalue weighted by atomic mass is 16.5. The van der Waals surface area contributed by atoms with Gasteiger partial charge < -0.3 is 4.74 Å². The lowest BCUT2D eigenvalue weighted by molar-refractivity contribution is -0.123. The van der Waals surface area contributed by atoms with Crippen molar-refractivity contribution < 1.29 is 9.53 Å². The molecule has 0 aliphatic carbocycles. The monoisotopic (exact) mass is 254 g/mol. The molecule has 0 aromatic rings. The van der Waals surface area contributed by atoms with E-state index in [0.717, 1.165) is 31.4 Å². The number of ketones is 1. The highest BCUT2D eigenvalue weighted by Crippen LogP contribution is 2.36. The van der Waals surface area contributed by atoms with Crippen LogP contribution in [0, 0.1) is 10.8 Å². The molecule has 0 rings (SSSR count). The predicted molar refractivity (Wildman–Crippen MR) is 77.5 cm³/mol. The third-order valence-electron chi connectivity index (χ3n) is 4.79. The summed E-state index contributed by atoms with van der Waals surface area (Å²) in [5.74, 6) is 1.02. The molecule has 0 amide bonds. The molecule has 0 radical (unpaired) electrons. The molecule has 0 heterocycles. The molecule has 0 atom stereocenters. The smallest absolute Gasteiger partial charge is 0.164 e. The fraction of sp³-hybridized carbons (Fsp3) is 0.812. The summed E-state index contributed by atoms with van der Waals surface area (Å²) in [6.45, 7) is 12.6. The Balaban J connectivity index is 5.31. The SMILES string of the molecule is CCC(C)(CC)C(=O)/C=C(\OC)C(C)(CC)CC. The van der Waals surface area contributed by atoms with E-state index in [4.69, 9.17) is 4.74 Å². The van der Waals surface area contributed by atoms with Crippen molar-refractivity contribution in [3.63, 3.8) is 0 Å². The maximum absolute atomic E-state index is 12.4. The molecule has 2 nitrogen and oxygen atoms in total. The van der Waals surface area contributed by atoms with Crippen LogP contribution in [-0.2, 0) is 9.53 Å². The Morgan fingerprint density at radius 2 is 1.33 bits per heavy atom. The van der Waals surface area contributed by atoms with Crippen LogP contribution in [-0.4, -0.2) is 12.9 Å². The summed E-state index contributed by atoms with van der Waals surface area (Å²) < 4.78 is 5.49. The second-order valence-corrected chi connectivity index (χ2v) is 5.61. The molecule has 0 spiro atoms. The van der Waals surface area contributed by atoms with E-state index in [9.17, 15) is 4.79 Å². The molecule has 0 saturated carbocycles. The maximum atomic E-state index is 12.4. The van der Waals surface area contributed by atoms with Crippen LogP contribution >= 0.6 is 0 Å². The van der Waals surface area contributed by atoms with Crippen LogP contribution in [0.5, 0.6) is 0 Å². The molecule has 0 aromatic heterocycles. The zero-order valence-electron chi connectivity index (χ0n) is 13.2.